The molecule has 0 radical (unpaired) electrons. The third-order valence-electron chi connectivity index (χ3n) is 5.56. The monoisotopic (exact) mass is 586 g/mol. The molecule has 1 atom stereocenters. The van der Waals surface area contributed by atoms with Crippen molar-refractivity contribution in [2.75, 3.05) is 13.7 Å². The summed E-state index contributed by atoms with van der Waals surface area (Å²) in [6.07, 6.45) is 0.402. The number of nitrogens with one attached hydrogen (secondary N) is 1. The first-order valence-electron chi connectivity index (χ1n) is 11.0. The van der Waals surface area contributed by atoms with Crippen molar-refractivity contribution in [3.63, 3.8) is 0 Å². The van der Waals surface area contributed by atoms with Crippen LogP contribution in [0.25, 0.3) is 0 Å². The van der Waals surface area contributed by atoms with Crippen molar-refractivity contribution in [3.05, 3.63) is 97.9 Å². The van der Waals surface area contributed by atoms with Crippen LogP contribution in [0.15, 0.2) is 75.7 Å². The van der Waals surface area contributed by atoms with E-state index in [1.807, 2.05) is 80.6 Å². The first-order chi connectivity index (χ1) is 16.3. The van der Waals surface area contributed by atoms with Crippen molar-refractivity contribution in [1.82, 2.24) is 10.2 Å². The molecule has 1 N–H and O–H groups in total. The predicted octanol–water partition coefficient (Wildman–Crippen LogP) is 5.59. The number of likely N-dealkylation sites (N-methyl/N-ethyl adjacent to an activating group) is 1. The highest BCUT2D eigenvalue weighted by Gasteiger charge is 2.30. The van der Waals surface area contributed by atoms with Gasteiger partial charge in [0.25, 0.3) is 5.91 Å². The van der Waals surface area contributed by atoms with Crippen LogP contribution < -0.4 is 10.1 Å². The first kappa shape index (κ1) is 26.0. The second-order valence-corrected chi connectivity index (χ2v) is 9.84. The molecule has 5 nitrogen and oxygen atoms in total. The minimum Gasteiger partial charge on any atom is -0.484 e. The van der Waals surface area contributed by atoms with Gasteiger partial charge >= 0.3 is 0 Å². The van der Waals surface area contributed by atoms with Crippen molar-refractivity contribution in [2.24, 2.45) is 0 Å². The van der Waals surface area contributed by atoms with Gasteiger partial charge in [-0.2, -0.15) is 0 Å². The van der Waals surface area contributed by atoms with Crippen molar-refractivity contribution < 1.29 is 14.3 Å². The number of halogens is 2. The summed E-state index contributed by atoms with van der Waals surface area (Å²) >= 11 is 7.00. The number of ether oxygens (including phenoxy) is 1. The lowest BCUT2D eigenvalue weighted by molar-refractivity contribution is -0.142. The van der Waals surface area contributed by atoms with Crippen LogP contribution in [0.1, 0.15) is 22.3 Å². The van der Waals surface area contributed by atoms with Crippen LogP contribution in [0, 0.1) is 13.8 Å². The van der Waals surface area contributed by atoms with E-state index in [1.54, 1.807) is 11.9 Å². The van der Waals surface area contributed by atoms with E-state index >= 15 is 0 Å². The number of hydrogen-bond donors (Lipinski definition) is 1. The molecule has 0 fully saturated rings. The average Bonchev–Trinajstić information content (AvgIpc) is 2.84. The van der Waals surface area contributed by atoms with Gasteiger partial charge in [0.05, 0.1) is 0 Å². The molecule has 0 aliphatic rings. The smallest absolute Gasteiger partial charge is 0.261 e. The maximum absolute atomic E-state index is 13.5. The van der Waals surface area contributed by atoms with Gasteiger partial charge in [0.15, 0.2) is 6.61 Å². The molecular weight excluding hydrogens is 560 g/mol. The zero-order chi connectivity index (χ0) is 24.7. The van der Waals surface area contributed by atoms with E-state index in [9.17, 15) is 9.59 Å². The molecule has 0 saturated carbocycles. The van der Waals surface area contributed by atoms with Gasteiger partial charge < -0.3 is 15.0 Å². The zero-order valence-corrected chi connectivity index (χ0v) is 22.6. The van der Waals surface area contributed by atoms with Gasteiger partial charge in [-0.3, -0.25) is 9.59 Å². The van der Waals surface area contributed by atoms with Gasteiger partial charge in [-0.25, -0.2) is 0 Å². The summed E-state index contributed by atoms with van der Waals surface area (Å²) in [5, 5.41) is 2.72. The number of rotatable bonds is 9. The predicted molar refractivity (Wildman–Crippen MR) is 142 cm³/mol. The maximum atomic E-state index is 13.5. The van der Waals surface area contributed by atoms with Gasteiger partial charge in [0.2, 0.25) is 5.91 Å². The summed E-state index contributed by atoms with van der Waals surface area (Å²) in [6, 6.07) is 20.5. The van der Waals surface area contributed by atoms with E-state index in [2.05, 4.69) is 37.2 Å². The largest absolute Gasteiger partial charge is 0.484 e. The SMILES string of the molecule is CNC(=O)[C@@H](Cc1ccccc1)N(Cc1ccc(Br)cc1)C(=O)COc1cc(C)c(Br)c(C)c1. The van der Waals surface area contributed by atoms with E-state index in [4.69, 9.17) is 4.74 Å². The van der Waals surface area contributed by atoms with Crippen LogP contribution >= 0.6 is 31.9 Å². The number of nitrogens with zero attached hydrogens (tertiary/aromatic N) is 1. The molecule has 178 valence electrons. The number of carbonyl (C=O) groups excluding carboxylic acids is 2. The Hall–Kier alpha value is -2.64. The molecule has 0 aliphatic heterocycles. The second kappa shape index (κ2) is 12.2. The Bertz CT molecular complexity index is 1110. The molecule has 2 amide bonds. The van der Waals surface area contributed by atoms with Crippen LogP contribution in [0.5, 0.6) is 5.75 Å². The Morgan fingerprint density at radius 2 is 1.56 bits per heavy atom. The molecule has 0 heterocycles. The number of carbonyl (C=O) groups is 2. The van der Waals surface area contributed by atoms with E-state index in [1.165, 1.54) is 0 Å². The summed E-state index contributed by atoms with van der Waals surface area (Å²) < 4.78 is 7.85. The molecule has 0 saturated heterocycles. The fourth-order valence-corrected chi connectivity index (χ4v) is 4.22. The summed E-state index contributed by atoms with van der Waals surface area (Å²) in [4.78, 5) is 28.0. The Morgan fingerprint density at radius 1 is 0.941 bits per heavy atom. The second-order valence-electron chi connectivity index (χ2n) is 8.13. The highest BCUT2D eigenvalue weighted by atomic mass is 79.9. The zero-order valence-electron chi connectivity index (χ0n) is 19.5. The van der Waals surface area contributed by atoms with Crippen LogP contribution in [-0.4, -0.2) is 36.4 Å². The Kier molecular flexibility index (Phi) is 9.30. The van der Waals surface area contributed by atoms with E-state index in [0.29, 0.717) is 18.7 Å². The topological polar surface area (TPSA) is 58.6 Å². The number of aryl methyl sites for hydroxylation is 2. The number of benzene rings is 3. The molecule has 34 heavy (non-hydrogen) atoms. The fraction of sp³-hybridized carbons (Fsp3) is 0.259. The summed E-state index contributed by atoms with van der Waals surface area (Å²) in [7, 11) is 1.59. The van der Waals surface area contributed by atoms with Crippen molar-refractivity contribution in [2.45, 2.75) is 32.9 Å². The van der Waals surface area contributed by atoms with Gasteiger partial charge in [-0.05, 0) is 60.4 Å². The maximum Gasteiger partial charge on any atom is 0.261 e. The highest BCUT2D eigenvalue weighted by Crippen LogP contribution is 2.26. The molecule has 0 unspecified atom stereocenters. The van der Waals surface area contributed by atoms with E-state index < -0.39 is 6.04 Å². The van der Waals surface area contributed by atoms with Crippen molar-refractivity contribution in [3.8, 4) is 5.75 Å². The lowest BCUT2D eigenvalue weighted by Crippen LogP contribution is -2.51. The molecule has 0 aliphatic carbocycles. The molecule has 0 bridgehead atoms. The average molecular weight is 588 g/mol. The third kappa shape index (κ3) is 6.93. The van der Waals surface area contributed by atoms with Crippen LogP contribution in [0.2, 0.25) is 0 Å². The molecular formula is C27H28Br2N2O3. The van der Waals surface area contributed by atoms with Crippen LogP contribution in [0.4, 0.5) is 0 Å². The standard InChI is InChI=1S/C27H28Br2N2O3/c1-18-13-23(14-19(2)26(18)29)34-17-25(32)31(16-21-9-11-22(28)12-10-21)24(27(33)30-3)15-20-7-5-4-6-8-20/h4-14,24H,15-17H2,1-3H3,(H,30,33)/t24-/m1/s1. The first-order valence-corrected chi connectivity index (χ1v) is 12.6. The summed E-state index contributed by atoms with van der Waals surface area (Å²) in [6.45, 7) is 4.08. The molecule has 7 heteroatoms. The molecule has 3 aromatic carbocycles. The van der Waals surface area contributed by atoms with E-state index in [0.717, 1.165) is 31.2 Å². The van der Waals surface area contributed by atoms with E-state index in [-0.39, 0.29) is 18.4 Å². The van der Waals surface area contributed by atoms with Gasteiger partial charge in [0, 0.05) is 29.0 Å². The lowest BCUT2D eigenvalue weighted by Gasteiger charge is -2.31. The normalized spacial score (nSPS) is 11.6. The fourth-order valence-electron chi connectivity index (χ4n) is 3.72. The van der Waals surface area contributed by atoms with Crippen LogP contribution in [0.3, 0.4) is 0 Å². The number of amides is 2. The Labute approximate surface area is 217 Å². The number of hydrogen-bond acceptors (Lipinski definition) is 3. The van der Waals surface area contributed by atoms with Crippen molar-refractivity contribution in [1.29, 1.82) is 0 Å². The quantitative estimate of drug-likeness (QED) is 0.355. The molecule has 0 aromatic heterocycles. The van der Waals surface area contributed by atoms with Gasteiger partial charge in [-0.1, -0.05) is 74.3 Å². The van der Waals surface area contributed by atoms with Gasteiger partial charge in [0.1, 0.15) is 11.8 Å². The molecule has 0 spiro atoms. The summed E-state index contributed by atoms with van der Waals surface area (Å²) in [5.74, 6) is 0.144. The lowest BCUT2D eigenvalue weighted by atomic mass is 10.0. The van der Waals surface area contributed by atoms with Crippen LogP contribution in [-0.2, 0) is 22.6 Å². The van der Waals surface area contributed by atoms with Gasteiger partial charge in [-0.15, -0.1) is 0 Å². The molecule has 3 aromatic rings. The minimum atomic E-state index is -0.680. The highest BCUT2D eigenvalue weighted by molar-refractivity contribution is 9.10. The summed E-state index contributed by atoms with van der Waals surface area (Å²) in [5.41, 5.74) is 3.96. The third-order valence-corrected chi connectivity index (χ3v) is 7.34. The Balaban J connectivity index is 1.88. The Morgan fingerprint density at radius 3 is 2.15 bits per heavy atom. The molecule has 3 rings (SSSR count). The van der Waals surface area contributed by atoms with Crippen molar-refractivity contribution >= 4 is 43.7 Å². The minimum absolute atomic E-state index is 0.167.